The molecule has 4 aromatic rings. The number of hydrogen-bond donors (Lipinski definition) is 1. The summed E-state index contributed by atoms with van der Waals surface area (Å²) in [4.78, 5) is 27.0. The Morgan fingerprint density at radius 2 is 1.88 bits per heavy atom. The van der Waals surface area contributed by atoms with Gasteiger partial charge in [0.05, 0.1) is 4.88 Å². The molecule has 4 heterocycles. The van der Waals surface area contributed by atoms with Gasteiger partial charge in [-0.05, 0) is 48.9 Å². The second-order valence-corrected chi connectivity index (χ2v) is 11.2. The number of halogens is 1. The number of carbonyl (C=O) groups is 1. The summed E-state index contributed by atoms with van der Waals surface area (Å²) in [5.41, 5.74) is 2.56. The molecule has 0 spiro atoms. The molecular weight excluding hydrogens is 482 g/mol. The largest absolute Gasteiger partial charge is 0.345 e. The van der Waals surface area contributed by atoms with Crippen molar-refractivity contribution in [1.82, 2.24) is 24.2 Å². The normalized spacial score (nSPS) is 15.3. The minimum atomic E-state index is -3.71. The van der Waals surface area contributed by atoms with E-state index in [4.69, 9.17) is 11.6 Å². The highest BCUT2D eigenvalue weighted by molar-refractivity contribution is 7.89. The number of sulfonamides is 1. The van der Waals surface area contributed by atoms with Crippen LogP contribution in [-0.2, 0) is 10.0 Å². The Kier molecular flexibility index (Phi) is 5.69. The Morgan fingerprint density at radius 1 is 1.09 bits per heavy atom. The monoisotopic (exact) mass is 501 g/mol. The number of pyridine rings is 1. The number of piperazine rings is 1. The summed E-state index contributed by atoms with van der Waals surface area (Å²) in [6.07, 6.45) is 3.42. The van der Waals surface area contributed by atoms with E-state index >= 15 is 0 Å². The molecule has 11 heteroatoms. The summed E-state index contributed by atoms with van der Waals surface area (Å²) < 4.78 is 27.6. The minimum absolute atomic E-state index is 0.122. The van der Waals surface area contributed by atoms with E-state index in [-0.39, 0.29) is 24.0 Å². The molecule has 1 fully saturated rings. The predicted octanol–water partition coefficient (Wildman–Crippen LogP) is 3.79. The van der Waals surface area contributed by atoms with E-state index in [1.54, 1.807) is 41.6 Å². The van der Waals surface area contributed by atoms with Crippen LogP contribution in [0.15, 0.2) is 53.8 Å². The van der Waals surface area contributed by atoms with Gasteiger partial charge in [-0.25, -0.2) is 13.4 Å². The standard InChI is InChI=1S/C22H20ClN5O3S2/c1-14-10-15(4-5-24-14)19-13-25-21(32-19)22(29)27-6-8-28(9-7-27)33(30,31)20-12-16-11-17(23)2-3-18(16)26-20/h2-5,10-13,26H,6-9H2,1H3. The molecule has 1 N–H and O–H groups in total. The molecule has 33 heavy (non-hydrogen) atoms. The van der Waals surface area contributed by atoms with Crippen molar-refractivity contribution in [3.63, 3.8) is 0 Å². The van der Waals surface area contributed by atoms with Gasteiger partial charge in [-0.2, -0.15) is 4.31 Å². The third-order valence-electron chi connectivity index (χ3n) is 5.57. The zero-order chi connectivity index (χ0) is 23.2. The number of nitrogens with one attached hydrogen (secondary N) is 1. The number of rotatable bonds is 4. The molecule has 0 atom stereocenters. The maximum absolute atomic E-state index is 13.1. The van der Waals surface area contributed by atoms with Crippen LogP contribution >= 0.6 is 22.9 Å². The number of H-pyrrole nitrogens is 1. The third kappa shape index (κ3) is 4.26. The second-order valence-electron chi connectivity index (χ2n) is 7.78. The van der Waals surface area contributed by atoms with E-state index in [0.717, 1.165) is 21.5 Å². The van der Waals surface area contributed by atoms with Crippen molar-refractivity contribution in [2.24, 2.45) is 0 Å². The lowest BCUT2D eigenvalue weighted by atomic mass is 10.2. The maximum atomic E-state index is 13.1. The maximum Gasteiger partial charge on any atom is 0.282 e. The molecule has 0 unspecified atom stereocenters. The van der Waals surface area contributed by atoms with E-state index in [0.29, 0.717) is 28.6 Å². The number of aromatic amines is 1. The van der Waals surface area contributed by atoms with Crippen LogP contribution in [0.1, 0.15) is 15.5 Å². The molecule has 1 aliphatic rings. The van der Waals surface area contributed by atoms with Gasteiger partial charge in [0.2, 0.25) is 0 Å². The first kappa shape index (κ1) is 22.0. The smallest absolute Gasteiger partial charge is 0.282 e. The van der Waals surface area contributed by atoms with Gasteiger partial charge in [-0.3, -0.25) is 9.78 Å². The van der Waals surface area contributed by atoms with Gasteiger partial charge in [0, 0.05) is 60.2 Å². The number of carbonyl (C=O) groups excluding carboxylic acids is 1. The molecule has 0 aliphatic carbocycles. The van der Waals surface area contributed by atoms with E-state index < -0.39 is 10.0 Å². The highest BCUT2D eigenvalue weighted by atomic mass is 35.5. The summed E-state index contributed by atoms with van der Waals surface area (Å²) in [7, 11) is -3.71. The van der Waals surface area contributed by atoms with Crippen molar-refractivity contribution in [3.8, 4) is 10.4 Å². The van der Waals surface area contributed by atoms with Gasteiger partial charge in [0.15, 0.2) is 5.01 Å². The summed E-state index contributed by atoms with van der Waals surface area (Å²) in [5.74, 6) is -0.186. The third-order valence-corrected chi connectivity index (χ3v) is 8.66. The molecule has 1 aromatic carbocycles. The van der Waals surface area contributed by atoms with Crippen molar-refractivity contribution in [2.75, 3.05) is 26.2 Å². The summed E-state index contributed by atoms with van der Waals surface area (Å²) in [6, 6.07) is 10.6. The number of hydrogen-bond acceptors (Lipinski definition) is 6. The van der Waals surface area contributed by atoms with Crippen LogP contribution in [-0.4, -0.2) is 64.7 Å². The molecule has 3 aromatic heterocycles. The molecule has 8 nitrogen and oxygen atoms in total. The molecule has 0 radical (unpaired) electrons. The van der Waals surface area contributed by atoms with Crippen molar-refractivity contribution < 1.29 is 13.2 Å². The van der Waals surface area contributed by atoms with E-state index in [1.807, 2.05) is 19.1 Å². The number of fused-ring (bicyclic) bond motifs is 1. The van der Waals surface area contributed by atoms with E-state index in [2.05, 4.69) is 15.0 Å². The lowest BCUT2D eigenvalue weighted by Gasteiger charge is -2.33. The Bertz CT molecular complexity index is 1460. The Balaban J connectivity index is 1.28. The van der Waals surface area contributed by atoms with Gasteiger partial charge in [-0.1, -0.05) is 11.6 Å². The molecule has 1 amide bonds. The quantitative estimate of drug-likeness (QED) is 0.458. The number of amides is 1. The first-order chi connectivity index (χ1) is 15.8. The SMILES string of the molecule is Cc1cc(-c2cnc(C(=O)N3CCN(S(=O)(=O)c4cc5cc(Cl)ccc5[nH]4)CC3)s2)ccn1. The van der Waals surface area contributed by atoms with Crippen LogP contribution in [0.2, 0.25) is 5.02 Å². The molecule has 1 aliphatic heterocycles. The Morgan fingerprint density at radius 3 is 2.64 bits per heavy atom. The minimum Gasteiger partial charge on any atom is -0.345 e. The first-order valence-electron chi connectivity index (χ1n) is 10.3. The molecule has 5 rings (SSSR count). The van der Waals surface area contributed by atoms with Crippen LogP contribution in [0.3, 0.4) is 0 Å². The molecule has 1 saturated heterocycles. The Labute approximate surface area is 199 Å². The highest BCUT2D eigenvalue weighted by Crippen LogP contribution is 2.28. The number of nitrogens with zero attached hydrogens (tertiary/aromatic N) is 4. The van der Waals surface area contributed by atoms with Crippen molar-refractivity contribution in [3.05, 3.63) is 64.5 Å². The number of benzene rings is 1. The fourth-order valence-corrected chi connectivity index (χ4v) is 6.32. The second kappa shape index (κ2) is 8.53. The molecular formula is C22H20ClN5O3S2. The van der Waals surface area contributed by atoms with Gasteiger partial charge in [0.1, 0.15) is 5.03 Å². The summed E-state index contributed by atoms with van der Waals surface area (Å²) in [5, 5.41) is 1.79. The zero-order valence-corrected chi connectivity index (χ0v) is 20.0. The first-order valence-corrected chi connectivity index (χ1v) is 12.9. The van der Waals surface area contributed by atoms with Gasteiger partial charge >= 0.3 is 0 Å². The predicted molar refractivity (Wildman–Crippen MR) is 128 cm³/mol. The average Bonchev–Trinajstić information content (AvgIpc) is 3.46. The summed E-state index contributed by atoms with van der Waals surface area (Å²) >= 11 is 7.34. The van der Waals surface area contributed by atoms with E-state index in [1.165, 1.54) is 15.6 Å². The lowest BCUT2D eigenvalue weighted by Crippen LogP contribution is -2.50. The van der Waals surface area contributed by atoms with E-state index in [9.17, 15) is 13.2 Å². The van der Waals surface area contributed by atoms with Crippen LogP contribution < -0.4 is 0 Å². The van der Waals surface area contributed by atoms with Crippen molar-refractivity contribution in [1.29, 1.82) is 0 Å². The van der Waals surface area contributed by atoms with Crippen molar-refractivity contribution in [2.45, 2.75) is 11.9 Å². The molecule has 170 valence electrons. The topological polar surface area (TPSA) is 99.3 Å². The number of aromatic nitrogens is 3. The lowest BCUT2D eigenvalue weighted by molar-refractivity contribution is 0.0697. The average molecular weight is 502 g/mol. The number of aryl methyl sites for hydroxylation is 1. The highest BCUT2D eigenvalue weighted by Gasteiger charge is 2.32. The molecule has 0 saturated carbocycles. The van der Waals surface area contributed by atoms with Crippen molar-refractivity contribution >= 4 is 49.8 Å². The van der Waals surface area contributed by atoms with Gasteiger partial charge < -0.3 is 9.88 Å². The van der Waals surface area contributed by atoms with Crippen LogP contribution in [0.5, 0.6) is 0 Å². The Hall–Kier alpha value is -2.79. The van der Waals surface area contributed by atoms with Crippen LogP contribution in [0.4, 0.5) is 0 Å². The molecule has 0 bridgehead atoms. The van der Waals surface area contributed by atoms with Crippen LogP contribution in [0, 0.1) is 6.92 Å². The fourth-order valence-electron chi connectivity index (χ4n) is 3.83. The zero-order valence-electron chi connectivity index (χ0n) is 17.7. The van der Waals surface area contributed by atoms with Gasteiger partial charge in [0.25, 0.3) is 15.9 Å². The van der Waals surface area contributed by atoms with Crippen LogP contribution in [0.25, 0.3) is 21.3 Å². The fraction of sp³-hybridized carbons (Fsp3) is 0.227. The van der Waals surface area contributed by atoms with Gasteiger partial charge in [-0.15, -0.1) is 11.3 Å². The summed E-state index contributed by atoms with van der Waals surface area (Å²) in [6.45, 7) is 2.94. The number of thiazole rings is 1.